The molecule has 4 rings (SSSR count). The Hall–Kier alpha value is -4.20. The Balaban J connectivity index is 1.49. The molecule has 0 saturated heterocycles. The molecule has 8 nitrogen and oxygen atoms in total. The number of nitrogens with one attached hydrogen (secondary N) is 2. The van der Waals surface area contributed by atoms with Gasteiger partial charge in [-0.3, -0.25) is 9.89 Å². The highest BCUT2D eigenvalue weighted by Gasteiger charge is 2.14. The van der Waals surface area contributed by atoms with E-state index in [2.05, 4.69) is 25.5 Å². The molecule has 144 valence electrons. The minimum atomic E-state index is -0.280. The van der Waals surface area contributed by atoms with Crippen molar-refractivity contribution < 1.29 is 14.3 Å². The fourth-order valence-electron chi connectivity index (χ4n) is 2.75. The van der Waals surface area contributed by atoms with Gasteiger partial charge in [0, 0.05) is 11.6 Å². The molecule has 8 heteroatoms. The zero-order chi connectivity index (χ0) is 20.1. The lowest BCUT2D eigenvalue weighted by Crippen LogP contribution is -2.13. The molecule has 2 aromatic heterocycles. The topological polar surface area (TPSA) is 102 Å². The van der Waals surface area contributed by atoms with Crippen LogP contribution >= 0.6 is 0 Å². The standard InChI is InChI=1S/C21H17N5O3/c1-28-17-8-4-5-9-18(17)29-19-11-10-14(12-22-19)25-21(27)16-7-3-2-6-15(16)20-23-13-24-26-20/h2-13H,1H3,(H,25,27)(H,23,24,26). The average molecular weight is 387 g/mol. The van der Waals surface area contributed by atoms with Gasteiger partial charge < -0.3 is 14.8 Å². The number of anilines is 1. The van der Waals surface area contributed by atoms with Crippen LogP contribution in [0.1, 0.15) is 10.4 Å². The van der Waals surface area contributed by atoms with Crippen LogP contribution in [0, 0.1) is 0 Å². The van der Waals surface area contributed by atoms with Crippen molar-refractivity contribution in [3.05, 3.63) is 78.8 Å². The number of pyridine rings is 1. The van der Waals surface area contributed by atoms with Crippen LogP contribution in [0.2, 0.25) is 0 Å². The van der Waals surface area contributed by atoms with E-state index in [4.69, 9.17) is 9.47 Å². The molecule has 0 saturated carbocycles. The summed E-state index contributed by atoms with van der Waals surface area (Å²) in [4.78, 5) is 21.1. The molecule has 4 aromatic rings. The highest BCUT2D eigenvalue weighted by molar-refractivity contribution is 6.08. The molecule has 0 unspecified atom stereocenters. The van der Waals surface area contributed by atoms with Crippen molar-refractivity contribution in [1.82, 2.24) is 20.2 Å². The van der Waals surface area contributed by atoms with Crippen molar-refractivity contribution in [2.75, 3.05) is 12.4 Å². The first-order valence-electron chi connectivity index (χ1n) is 8.77. The predicted octanol–water partition coefficient (Wildman–Crippen LogP) is 3.92. The van der Waals surface area contributed by atoms with Gasteiger partial charge >= 0.3 is 0 Å². The molecule has 0 radical (unpaired) electrons. The fourth-order valence-corrected chi connectivity index (χ4v) is 2.75. The molecule has 0 aliphatic heterocycles. The van der Waals surface area contributed by atoms with Crippen molar-refractivity contribution in [2.24, 2.45) is 0 Å². The maximum absolute atomic E-state index is 12.7. The monoisotopic (exact) mass is 387 g/mol. The maximum atomic E-state index is 12.7. The van der Waals surface area contributed by atoms with Crippen LogP contribution in [-0.4, -0.2) is 33.2 Å². The zero-order valence-corrected chi connectivity index (χ0v) is 15.5. The van der Waals surface area contributed by atoms with E-state index in [1.165, 1.54) is 12.5 Å². The second-order valence-electron chi connectivity index (χ2n) is 5.97. The van der Waals surface area contributed by atoms with Crippen LogP contribution in [0.3, 0.4) is 0 Å². The number of aromatic nitrogens is 4. The zero-order valence-electron chi connectivity index (χ0n) is 15.5. The van der Waals surface area contributed by atoms with Gasteiger partial charge in [-0.1, -0.05) is 30.3 Å². The Morgan fingerprint density at radius 1 is 0.966 bits per heavy atom. The number of hydrogen-bond acceptors (Lipinski definition) is 6. The van der Waals surface area contributed by atoms with Crippen molar-refractivity contribution in [3.8, 4) is 28.8 Å². The number of hydrogen-bond donors (Lipinski definition) is 2. The van der Waals surface area contributed by atoms with Crippen molar-refractivity contribution in [2.45, 2.75) is 0 Å². The van der Waals surface area contributed by atoms with E-state index < -0.39 is 0 Å². The van der Waals surface area contributed by atoms with E-state index in [1.54, 1.807) is 49.6 Å². The number of ether oxygens (including phenoxy) is 2. The highest BCUT2D eigenvalue weighted by atomic mass is 16.5. The Morgan fingerprint density at radius 2 is 1.76 bits per heavy atom. The molecule has 0 bridgehead atoms. The summed E-state index contributed by atoms with van der Waals surface area (Å²) in [6.07, 6.45) is 2.92. The van der Waals surface area contributed by atoms with Gasteiger partial charge in [-0.05, 0) is 24.3 Å². The normalized spacial score (nSPS) is 10.4. The van der Waals surface area contributed by atoms with Gasteiger partial charge in [0.15, 0.2) is 17.3 Å². The minimum absolute atomic E-state index is 0.280. The van der Waals surface area contributed by atoms with Crippen LogP contribution in [0.15, 0.2) is 73.2 Å². The number of H-pyrrole nitrogens is 1. The molecule has 0 aliphatic rings. The van der Waals surface area contributed by atoms with Gasteiger partial charge in [-0.25, -0.2) is 9.97 Å². The third-order valence-corrected chi connectivity index (χ3v) is 4.12. The van der Waals surface area contributed by atoms with Crippen molar-refractivity contribution in [3.63, 3.8) is 0 Å². The lowest BCUT2D eigenvalue weighted by Gasteiger charge is -2.10. The minimum Gasteiger partial charge on any atom is -0.493 e. The quantitative estimate of drug-likeness (QED) is 0.520. The molecule has 2 N–H and O–H groups in total. The first-order valence-corrected chi connectivity index (χ1v) is 8.77. The number of benzene rings is 2. The van der Waals surface area contributed by atoms with Crippen molar-refractivity contribution in [1.29, 1.82) is 0 Å². The van der Waals surface area contributed by atoms with Crippen LogP contribution in [-0.2, 0) is 0 Å². The summed E-state index contributed by atoms with van der Waals surface area (Å²) < 4.78 is 11.0. The number of para-hydroxylation sites is 2. The highest BCUT2D eigenvalue weighted by Crippen LogP contribution is 2.30. The first-order chi connectivity index (χ1) is 14.2. The van der Waals surface area contributed by atoms with E-state index in [0.717, 1.165) is 0 Å². The summed E-state index contributed by atoms with van der Waals surface area (Å²) in [6.45, 7) is 0. The Kier molecular flexibility index (Phi) is 5.15. The molecule has 1 amide bonds. The number of carbonyl (C=O) groups excluding carboxylic acids is 1. The van der Waals surface area contributed by atoms with Crippen LogP contribution in [0.4, 0.5) is 5.69 Å². The summed E-state index contributed by atoms with van der Waals surface area (Å²) in [5, 5.41) is 9.44. The van der Waals surface area contributed by atoms with Gasteiger partial charge in [0.1, 0.15) is 6.33 Å². The van der Waals surface area contributed by atoms with Gasteiger partial charge in [-0.2, -0.15) is 5.10 Å². The largest absolute Gasteiger partial charge is 0.493 e. The number of rotatable bonds is 6. The SMILES string of the molecule is COc1ccccc1Oc1ccc(NC(=O)c2ccccc2-c2ncn[nH]2)cn1. The van der Waals surface area contributed by atoms with E-state index in [0.29, 0.717) is 40.0 Å². The Morgan fingerprint density at radius 3 is 2.48 bits per heavy atom. The van der Waals surface area contributed by atoms with E-state index >= 15 is 0 Å². The number of carbonyl (C=O) groups is 1. The molecular weight excluding hydrogens is 370 g/mol. The molecular formula is C21H17N5O3. The summed E-state index contributed by atoms with van der Waals surface area (Å²) in [6, 6.07) is 17.8. The summed E-state index contributed by atoms with van der Waals surface area (Å²) in [5.74, 6) is 1.79. The average Bonchev–Trinajstić information content (AvgIpc) is 3.30. The lowest BCUT2D eigenvalue weighted by atomic mass is 10.1. The second-order valence-corrected chi connectivity index (χ2v) is 5.97. The van der Waals surface area contributed by atoms with E-state index in [9.17, 15) is 4.79 Å². The fraction of sp³-hybridized carbons (Fsp3) is 0.0476. The van der Waals surface area contributed by atoms with Gasteiger partial charge in [0.05, 0.1) is 24.6 Å². The molecule has 0 aliphatic carbocycles. The molecule has 2 heterocycles. The maximum Gasteiger partial charge on any atom is 0.256 e. The number of methoxy groups -OCH3 is 1. The summed E-state index contributed by atoms with van der Waals surface area (Å²) in [5.41, 5.74) is 1.67. The Bertz CT molecular complexity index is 1110. The third kappa shape index (κ3) is 4.06. The summed E-state index contributed by atoms with van der Waals surface area (Å²) >= 11 is 0. The molecule has 0 spiro atoms. The van der Waals surface area contributed by atoms with E-state index in [1.807, 2.05) is 18.2 Å². The summed E-state index contributed by atoms with van der Waals surface area (Å²) in [7, 11) is 1.57. The molecule has 0 atom stereocenters. The number of nitrogens with zero attached hydrogens (tertiary/aromatic N) is 3. The molecule has 29 heavy (non-hydrogen) atoms. The third-order valence-electron chi connectivity index (χ3n) is 4.12. The predicted molar refractivity (Wildman–Crippen MR) is 107 cm³/mol. The lowest BCUT2D eigenvalue weighted by molar-refractivity contribution is 0.102. The first kappa shape index (κ1) is 18.2. The second kappa shape index (κ2) is 8.22. The van der Waals surface area contributed by atoms with E-state index in [-0.39, 0.29) is 5.91 Å². The molecule has 2 aromatic carbocycles. The van der Waals surface area contributed by atoms with Crippen molar-refractivity contribution >= 4 is 11.6 Å². The number of amides is 1. The van der Waals surface area contributed by atoms with Crippen LogP contribution in [0.25, 0.3) is 11.4 Å². The van der Waals surface area contributed by atoms with Gasteiger partial charge in [0.25, 0.3) is 5.91 Å². The number of aromatic amines is 1. The van der Waals surface area contributed by atoms with Gasteiger partial charge in [0.2, 0.25) is 5.88 Å². The van der Waals surface area contributed by atoms with Gasteiger partial charge in [-0.15, -0.1) is 0 Å². The Labute approximate surface area is 166 Å². The smallest absolute Gasteiger partial charge is 0.256 e. The van der Waals surface area contributed by atoms with Crippen LogP contribution < -0.4 is 14.8 Å². The van der Waals surface area contributed by atoms with Crippen LogP contribution in [0.5, 0.6) is 17.4 Å². The molecule has 0 fully saturated rings.